The fraction of sp³-hybridized carbons (Fsp3) is 0.250. The third-order valence-corrected chi connectivity index (χ3v) is 4.94. The number of rotatable bonds is 5. The summed E-state index contributed by atoms with van der Waals surface area (Å²) in [6.45, 7) is 4.02. The van der Waals surface area contributed by atoms with E-state index in [0.717, 1.165) is 5.56 Å². The van der Waals surface area contributed by atoms with Gasteiger partial charge >= 0.3 is 0 Å². The van der Waals surface area contributed by atoms with Crippen molar-refractivity contribution < 1.29 is 13.2 Å². The van der Waals surface area contributed by atoms with Gasteiger partial charge in [0.15, 0.2) is 0 Å². The topological polar surface area (TPSA) is 55.4 Å². The molecule has 0 atom stereocenters. The fourth-order valence-corrected chi connectivity index (χ4v) is 3.40. The predicted molar refractivity (Wildman–Crippen MR) is 89.3 cm³/mol. The maximum atomic E-state index is 12.5. The number of anilines is 1. The predicted octanol–water partition coefficient (Wildman–Crippen LogP) is 4.27. The Bertz CT molecular complexity index is 773. The summed E-state index contributed by atoms with van der Waals surface area (Å²) in [5, 5.41) is 0.365. The maximum absolute atomic E-state index is 12.5. The Morgan fingerprint density at radius 3 is 2.45 bits per heavy atom. The van der Waals surface area contributed by atoms with Gasteiger partial charge in [-0.1, -0.05) is 43.6 Å². The number of halogens is 1. The number of sulfonamides is 1. The Hall–Kier alpha value is -1.72. The molecule has 0 bridgehead atoms. The van der Waals surface area contributed by atoms with E-state index in [1.54, 1.807) is 12.1 Å². The minimum absolute atomic E-state index is 0.104. The SMILES string of the molecule is COc1cc(S(=O)(=O)Nc2ccccc2C(C)C)ccc1Cl. The van der Waals surface area contributed by atoms with Crippen LogP contribution in [0.25, 0.3) is 0 Å². The molecule has 6 heteroatoms. The first kappa shape index (κ1) is 16.6. The molecule has 0 unspecified atom stereocenters. The van der Waals surface area contributed by atoms with Gasteiger partial charge in [-0.25, -0.2) is 8.42 Å². The normalized spacial score (nSPS) is 11.5. The number of hydrogen-bond acceptors (Lipinski definition) is 3. The molecule has 0 aromatic heterocycles. The number of methoxy groups -OCH3 is 1. The summed E-state index contributed by atoms with van der Waals surface area (Å²) in [5.74, 6) is 0.528. The molecule has 0 fully saturated rings. The second kappa shape index (κ2) is 6.58. The molecule has 0 saturated heterocycles. The van der Waals surface area contributed by atoms with Crippen molar-refractivity contribution in [2.75, 3.05) is 11.8 Å². The zero-order chi connectivity index (χ0) is 16.3. The van der Waals surface area contributed by atoms with E-state index in [9.17, 15) is 8.42 Å². The fourth-order valence-electron chi connectivity index (χ4n) is 2.10. The van der Waals surface area contributed by atoms with Gasteiger partial charge in [0, 0.05) is 6.07 Å². The van der Waals surface area contributed by atoms with Crippen LogP contribution in [0.4, 0.5) is 5.69 Å². The summed E-state index contributed by atoms with van der Waals surface area (Å²) in [6, 6.07) is 11.7. The van der Waals surface area contributed by atoms with Crippen LogP contribution in [0.2, 0.25) is 5.02 Å². The lowest BCUT2D eigenvalue weighted by Gasteiger charge is -2.15. The monoisotopic (exact) mass is 339 g/mol. The van der Waals surface area contributed by atoms with Gasteiger partial charge in [0.25, 0.3) is 10.0 Å². The molecule has 0 heterocycles. The van der Waals surface area contributed by atoms with E-state index >= 15 is 0 Å². The van der Waals surface area contributed by atoms with E-state index in [0.29, 0.717) is 16.5 Å². The molecule has 0 spiro atoms. The highest BCUT2D eigenvalue weighted by atomic mass is 35.5. The van der Waals surface area contributed by atoms with Crippen LogP contribution in [-0.4, -0.2) is 15.5 Å². The second-order valence-corrected chi connectivity index (χ2v) is 7.23. The van der Waals surface area contributed by atoms with E-state index < -0.39 is 10.0 Å². The van der Waals surface area contributed by atoms with E-state index in [2.05, 4.69) is 4.72 Å². The Kier molecular flexibility index (Phi) is 4.98. The van der Waals surface area contributed by atoms with Gasteiger partial charge in [-0.15, -0.1) is 0 Å². The number of nitrogens with one attached hydrogen (secondary N) is 1. The van der Waals surface area contributed by atoms with Crippen molar-refractivity contribution in [1.82, 2.24) is 0 Å². The summed E-state index contributed by atoms with van der Waals surface area (Å²) in [5.41, 5.74) is 1.51. The Balaban J connectivity index is 2.40. The Morgan fingerprint density at radius 2 is 1.82 bits per heavy atom. The molecule has 2 rings (SSSR count). The average Bonchev–Trinajstić information content (AvgIpc) is 2.47. The van der Waals surface area contributed by atoms with E-state index in [4.69, 9.17) is 16.3 Å². The van der Waals surface area contributed by atoms with Crippen LogP contribution in [-0.2, 0) is 10.0 Å². The molecule has 2 aromatic rings. The van der Waals surface area contributed by atoms with Crippen molar-refractivity contribution in [2.24, 2.45) is 0 Å². The van der Waals surface area contributed by atoms with Gasteiger partial charge in [0.05, 0.1) is 22.7 Å². The number of ether oxygens (including phenoxy) is 1. The maximum Gasteiger partial charge on any atom is 0.262 e. The number of para-hydroxylation sites is 1. The van der Waals surface area contributed by atoms with Crippen LogP contribution < -0.4 is 9.46 Å². The minimum Gasteiger partial charge on any atom is -0.495 e. The largest absolute Gasteiger partial charge is 0.495 e. The van der Waals surface area contributed by atoms with E-state index in [1.807, 2.05) is 26.0 Å². The zero-order valence-corrected chi connectivity index (χ0v) is 14.2. The smallest absolute Gasteiger partial charge is 0.262 e. The molecule has 0 saturated carbocycles. The Morgan fingerprint density at radius 1 is 1.14 bits per heavy atom. The molecule has 4 nitrogen and oxygen atoms in total. The van der Waals surface area contributed by atoms with Crippen LogP contribution >= 0.6 is 11.6 Å². The lowest BCUT2D eigenvalue weighted by Crippen LogP contribution is -2.14. The molecule has 0 aliphatic carbocycles. The van der Waals surface area contributed by atoms with Crippen molar-refractivity contribution in [2.45, 2.75) is 24.7 Å². The molecule has 1 N–H and O–H groups in total. The number of hydrogen-bond donors (Lipinski definition) is 1. The van der Waals surface area contributed by atoms with Gasteiger partial charge in [-0.2, -0.15) is 0 Å². The van der Waals surface area contributed by atoms with Gasteiger partial charge < -0.3 is 4.74 Å². The summed E-state index contributed by atoms with van der Waals surface area (Å²) >= 11 is 5.93. The Labute approximate surface area is 136 Å². The summed E-state index contributed by atoms with van der Waals surface area (Å²) < 4.78 is 32.8. The summed E-state index contributed by atoms with van der Waals surface area (Å²) in [4.78, 5) is 0.104. The van der Waals surface area contributed by atoms with Crippen LogP contribution in [0.5, 0.6) is 5.75 Å². The second-order valence-electron chi connectivity index (χ2n) is 5.14. The highest BCUT2D eigenvalue weighted by Gasteiger charge is 2.18. The van der Waals surface area contributed by atoms with Crippen LogP contribution in [0, 0.1) is 0 Å². The van der Waals surface area contributed by atoms with Crippen molar-refractivity contribution >= 4 is 27.3 Å². The standard InChI is InChI=1S/C16H18ClNO3S/c1-11(2)13-6-4-5-7-15(13)18-22(19,20)12-8-9-14(17)16(10-12)21-3/h4-11,18H,1-3H3. The van der Waals surface area contributed by atoms with Crippen molar-refractivity contribution in [3.8, 4) is 5.75 Å². The first-order chi connectivity index (χ1) is 10.3. The molecule has 0 amide bonds. The molecular formula is C16H18ClNO3S. The lowest BCUT2D eigenvalue weighted by molar-refractivity contribution is 0.413. The number of benzene rings is 2. The summed E-state index contributed by atoms with van der Waals surface area (Å²) in [7, 11) is -2.26. The summed E-state index contributed by atoms with van der Waals surface area (Å²) in [6.07, 6.45) is 0. The zero-order valence-electron chi connectivity index (χ0n) is 12.6. The van der Waals surface area contributed by atoms with E-state index in [-0.39, 0.29) is 10.8 Å². The molecule has 22 heavy (non-hydrogen) atoms. The highest BCUT2D eigenvalue weighted by molar-refractivity contribution is 7.92. The van der Waals surface area contributed by atoms with E-state index in [1.165, 1.54) is 25.3 Å². The quantitative estimate of drug-likeness (QED) is 0.884. The van der Waals surface area contributed by atoms with Crippen molar-refractivity contribution in [3.63, 3.8) is 0 Å². The molecular weight excluding hydrogens is 322 g/mol. The van der Waals surface area contributed by atoms with Crippen molar-refractivity contribution in [1.29, 1.82) is 0 Å². The minimum atomic E-state index is -3.71. The molecule has 0 radical (unpaired) electrons. The molecule has 0 aliphatic rings. The van der Waals surface area contributed by atoms with Crippen LogP contribution in [0.15, 0.2) is 47.4 Å². The average molecular weight is 340 g/mol. The van der Waals surface area contributed by atoms with Gasteiger partial charge in [0.2, 0.25) is 0 Å². The first-order valence-corrected chi connectivity index (χ1v) is 8.66. The van der Waals surface area contributed by atoms with Gasteiger partial charge in [0.1, 0.15) is 5.75 Å². The third kappa shape index (κ3) is 3.54. The van der Waals surface area contributed by atoms with Gasteiger partial charge in [-0.05, 0) is 29.7 Å². The van der Waals surface area contributed by atoms with Crippen LogP contribution in [0.3, 0.4) is 0 Å². The molecule has 2 aromatic carbocycles. The highest BCUT2D eigenvalue weighted by Crippen LogP contribution is 2.30. The third-order valence-electron chi connectivity index (χ3n) is 3.26. The van der Waals surface area contributed by atoms with Gasteiger partial charge in [-0.3, -0.25) is 4.72 Å². The van der Waals surface area contributed by atoms with Crippen LogP contribution in [0.1, 0.15) is 25.3 Å². The first-order valence-electron chi connectivity index (χ1n) is 6.80. The molecule has 118 valence electrons. The lowest BCUT2D eigenvalue weighted by atomic mass is 10.0. The molecule has 0 aliphatic heterocycles. The van der Waals surface area contributed by atoms with Crippen molar-refractivity contribution in [3.05, 3.63) is 53.1 Å².